The molecule has 0 aromatic rings. The number of fused-ring (bicyclic) bond motifs is 1. The topological polar surface area (TPSA) is 37.3 Å². The summed E-state index contributed by atoms with van der Waals surface area (Å²) in [6.07, 6.45) is 6.00. The van der Waals surface area contributed by atoms with Gasteiger partial charge in [-0.1, -0.05) is 6.08 Å². The summed E-state index contributed by atoms with van der Waals surface area (Å²) in [6, 6.07) is 0. The van der Waals surface area contributed by atoms with Crippen LogP contribution in [0, 0.1) is 23.7 Å². The molecule has 0 amide bonds. The Labute approximate surface area is 78.6 Å². The van der Waals surface area contributed by atoms with Gasteiger partial charge < -0.3 is 5.11 Å². The SMILES string of the molecule is C=C[C@H]1CC2C(CC(=O)O)C[C@H]2C1. The number of carbonyl (C=O) groups is 1. The number of hydrogen-bond donors (Lipinski definition) is 1. The number of aliphatic carboxylic acids is 1. The minimum atomic E-state index is -0.634. The van der Waals surface area contributed by atoms with Crippen LogP contribution in [0.15, 0.2) is 12.7 Å². The fourth-order valence-electron chi connectivity index (χ4n) is 3.07. The lowest BCUT2D eigenvalue weighted by Gasteiger charge is -2.39. The van der Waals surface area contributed by atoms with Crippen LogP contribution in [0.1, 0.15) is 25.7 Å². The van der Waals surface area contributed by atoms with E-state index in [-0.39, 0.29) is 0 Å². The molecule has 2 rings (SSSR count). The molecule has 0 bridgehead atoms. The van der Waals surface area contributed by atoms with Crippen LogP contribution >= 0.6 is 0 Å². The van der Waals surface area contributed by atoms with Gasteiger partial charge in [-0.05, 0) is 42.9 Å². The summed E-state index contributed by atoms with van der Waals surface area (Å²) in [5, 5.41) is 8.67. The van der Waals surface area contributed by atoms with Crippen LogP contribution in [0.2, 0.25) is 0 Å². The lowest BCUT2D eigenvalue weighted by Crippen LogP contribution is -2.33. The van der Waals surface area contributed by atoms with Crippen molar-refractivity contribution in [2.45, 2.75) is 25.7 Å². The predicted molar refractivity (Wildman–Crippen MR) is 50.3 cm³/mol. The number of carboxylic acids is 1. The van der Waals surface area contributed by atoms with Gasteiger partial charge in [0.25, 0.3) is 0 Å². The van der Waals surface area contributed by atoms with Gasteiger partial charge in [-0.15, -0.1) is 6.58 Å². The summed E-state index contributed by atoms with van der Waals surface area (Å²) in [5.74, 6) is 2.00. The van der Waals surface area contributed by atoms with Crippen LogP contribution in [0.4, 0.5) is 0 Å². The molecule has 0 radical (unpaired) electrons. The van der Waals surface area contributed by atoms with Gasteiger partial charge in [-0.3, -0.25) is 4.79 Å². The van der Waals surface area contributed by atoms with Gasteiger partial charge in [-0.25, -0.2) is 0 Å². The summed E-state index contributed by atoms with van der Waals surface area (Å²) >= 11 is 0. The fourth-order valence-corrected chi connectivity index (χ4v) is 3.07. The van der Waals surface area contributed by atoms with E-state index in [1.165, 1.54) is 12.8 Å². The molecule has 0 aromatic heterocycles. The Kier molecular flexibility index (Phi) is 2.14. The van der Waals surface area contributed by atoms with E-state index >= 15 is 0 Å². The van der Waals surface area contributed by atoms with E-state index in [0.29, 0.717) is 24.2 Å². The Morgan fingerprint density at radius 3 is 2.85 bits per heavy atom. The van der Waals surface area contributed by atoms with E-state index in [9.17, 15) is 4.79 Å². The lowest BCUT2D eigenvalue weighted by molar-refractivity contribution is -0.140. The monoisotopic (exact) mass is 180 g/mol. The van der Waals surface area contributed by atoms with Crippen LogP contribution in [0.3, 0.4) is 0 Å². The first kappa shape index (κ1) is 8.79. The second-order valence-corrected chi connectivity index (χ2v) is 4.48. The van der Waals surface area contributed by atoms with Crippen molar-refractivity contribution in [3.8, 4) is 0 Å². The van der Waals surface area contributed by atoms with E-state index in [1.54, 1.807) is 0 Å². The maximum Gasteiger partial charge on any atom is 0.303 e. The summed E-state index contributed by atoms with van der Waals surface area (Å²) in [7, 11) is 0. The number of hydrogen-bond acceptors (Lipinski definition) is 1. The van der Waals surface area contributed by atoms with Gasteiger partial charge in [0.1, 0.15) is 0 Å². The highest BCUT2D eigenvalue weighted by Crippen LogP contribution is 2.54. The van der Waals surface area contributed by atoms with Crippen LogP contribution in [0.25, 0.3) is 0 Å². The van der Waals surface area contributed by atoms with Crippen molar-refractivity contribution in [2.24, 2.45) is 23.7 Å². The fraction of sp³-hybridized carbons (Fsp3) is 0.727. The minimum Gasteiger partial charge on any atom is -0.481 e. The smallest absolute Gasteiger partial charge is 0.303 e. The van der Waals surface area contributed by atoms with E-state index in [1.807, 2.05) is 6.08 Å². The average Bonchev–Trinajstić information content (AvgIpc) is 2.38. The van der Waals surface area contributed by atoms with Crippen molar-refractivity contribution in [2.75, 3.05) is 0 Å². The molecule has 0 saturated heterocycles. The van der Waals surface area contributed by atoms with E-state index < -0.39 is 5.97 Å². The zero-order valence-electron chi connectivity index (χ0n) is 7.78. The van der Waals surface area contributed by atoms with Crippen LogP contribution in [-0.2, 0) is 4.79 Å². The molecular formula is C11H16O2. The molecule has 0 heterocycles. The third kappa shape index (κ3) is 1.50. The largest absolute Gasteiger partial charge is 0.481 e. The molecule has 0 aromatic carbocycles. The maximum atomic E-state index is 10.5. The number of rotatable bonds is 3. The lowest BCUT2D eigenvalue weighted by atomic mass is 9.65. The van der Waals surface area contributed by atoms with E-state index in [2.05, 4.69) is 6.58 Å². The van der Waals surface area contributed by atoms with Crippen molar-refractivity contribution in [1.82, 2.24) is 0 Å². The van der Waals surface area contributed by atoms with Crippen molar-refractivity contribution in [3.05, 3.63) is 12.7 Å². The predicted octanol–water partition coefficient (Wildman–Crippen LogP) is 2.31. The van der Waals surface area contributed by atoms with Crippen molar-refractivity contribution in [1.29, 1.82) is 0 Å². The Bertz CT molecular complexity index is 234. The molecule has 2 heteroatoms. The molecule has 72 valence electrons. The Morgan fingerprint density at radius 2 is 2.23 bits per heavy atom. The first-order valence-electron chi connectivity index (χ1n) is 5.05. The van der Waals surface area contributed by atoms with E-state index in [4.69, 9.17) is 5.11 Å². The molecular weight excluding hydrogens is 164 g/mol. The normalized spacial score (nSPS) is 42.2. The highest BCUT2D eigenvalue weighted by molar-refractivity contribution is 5.67. The zero-order valence-corrected chi connectivity index (χ0v) is 7.78. The number of carboxylic acid groups (broad SMARTS) is 1. The average molecular weight is 180 g/mol. The molecule has 2 aliphatic rings. The van der Waals surface area contributed by atoms with Gasteiger partial charge in [0.15, 0.2) is 0 Å². The second kappa shape index (κ2) is 3.17. The Morgan fingerprint density at radius 1 is 1.46 bits per heavy atom. The summed E-state index contributed by atoms with van der Waals surface area (Å²) in [5.41, 5.74) is 0. The van der Waals surface area contributed by atoms with Gasteiger partial charge in [-0.2, -0.15) is 0 Å². The highest BCUT2D eigenvalue weighted by atomic mass is 16.4. The first-order chi connectivity index (χ1) is 6.20. The Balaban J connectivity index is 1.88. The second-order valence-electron chi connectivity index (χ2n) is 4.48. The molecule has 0 aliphatic heterocycles. The molecule has 1 N–H and O–H groups in total. The van der Waals surface area contributed by atoms with Gasteiger partial charge in [0.05, 0.1) is 0 Å². The Hall–Kier alpha value is -0.790. The third-order valence-corrected chi connectivity index (χ3v) is 3.77. The van der Waals surface area contributed by atoms with Crippen LogP contribution < -0.4 is 0 Å². The van der Waals surface area contributed by atoms with Gasteiger partial charge in [0, 0.05) is 6.42 Å². The zero-order chi connectivity index (χ0) is 9.42. The first-order valence-corrected chi connectivity index (χ1v) is 5.05. The minimum absolute atomic E-state index is 0.380. The maximum absolute atomic E-state index is 10.5. The van der Waals surface area contributed by atoms with Crippen LogP contribution in [0.5, 0.6) is 0 Å². The highest BCUT2D eigenvalue weighted by Gasteiger charge is 2.46. The van der Waals surface area contributed by atoms with Gasteiger partial charge >= 0.3 is 5.97 Å². The molecule has 0 spiro atoms. The van der Waals surface area contributed by atoms with Crippen molar-refractivity contribution in [3.63, 3.8) is 0 Å². The molecule has 2 unspecified atom stereocenters. The molecule has 2 aliphatic carbocycles. The van der Waals surface area contributed by atoms with Crippen molar-refractivity contribution < 1.29 is 9.90 Å². The molecule has 2 fully saturated rings. The molecule has 2 saturated carbocycles. The summed E-state index contributed by atoms with van der Waals surface area (Å²) in [6.45, 7) is 3.81. The molecule has 2 nitrogen and oxygen atoms in total. The molecule has 13 heavy (non-hydrogen) atoms. The summed E-state index contributed by atoms with van der Waals surface area (Å²) < 4.78 is 0. The number of allylic oxidation sites excluding steroid dienone is 1. The van der Waals surface area contributed by atoms with Gasteiger partial charge in [0.2, 0.25) is 0 Å². The standard InChI is InChI=1S/C11H16O2/c1-2-7-3-8-5-9(6-11(12)13)10(8)4-7/h2,7-10H,1,3-6H2,(H,12,13)/t7-,8-,9?,10?/m1/s1. The quantitative estimate of drug-likeness (QED) is 0.677. The molecule has 4 atom stereocenters. The van der Waals surface area contributed by atoms with E-state index in [0.717, 1.165) is 12.3 Å². The van der Waals surface area contributed by atoms with Crippen molar-refractivity contribution >= 4 is 5.97 Å². The summed E-state index contributed by atoms with van der Waals surface area (Å²) in [4.78, 5) is 10.5. The third-order valence-electron chi connectivity index (χ3n) is 3.77. The van der Waals surface area contributed by atoms with Crippen LogP contribution in [-0.4, -0.2) is 11.1 Å².